The number of esters is 1. The van der Waals surface area contributed by atoms with Gasteiger partial charge in [-0.2, -0.15) is 5.26 Å². The zero-order valence-electron chi connectivity index (χ0n) is 19.2. The zero-order valence-corrected chi connectivity index (χ0v) is 19.2. The fraction of sp³-hybridized carbons (Fsp3) is 0.423. The van der Waals surface area contributed by atoms with E-state index in [4.69, 9.17) is 19.5 Å². The van der Waals surface area contributed by atoms with Gasteiger partial charge >= 0.3 is 5.97 Å². The lowest BCUT2D eigenvalue weighted by Crippen LogP contribution is -2.59. The summed E-state index contributed by atoms with van der Waals surface area (Å²) >= 11 is 0. The summed E-state index contributed by atoms with van der Waals surface area (Å²) in [5.74, 6) is 0.302. The predicted octanol–water partition coefficient (Wildman–Crippen LogP) is 2.11. The number of piperazine rings is 1. The molecule has 2 aromatic carbocycles. The summed E-state index contributed by atoms with van der Waals surface area (Å²) in [6, 6.07) is 13.4. The van der Waals surface area contributed by atoms with E-state index in [0.717, 1.165) is 36.2 Å². The normalized spacial score (nSPS) is 22.2. The molecule has 2 aromatic rings. The fourth-order valence-electron chi connectivity index (χ4n) is 4.99. The number of fused-ring (bicyclic) bond motifs is 2. The van der Waals surface area contributed by atoms with E-state index in [1.807, 2.05) is 23.1 Å². The van der Waals surface area contributed by atoms with E-state index < -0.39 is 0 Å². The third kappa shape index (κ3) is 4.37. The smallest absolute Gasteiger partial charge is 0.338 e. The molecule has 176 valence electrons. The van der Waals surface area contributed by atoms with E-state index >= 15 is 0 Å². The van der Waals surface area contributed by atoms with Crippen LogP contribution in [0.2, 0.25) is 0 Å². The van der Waals surface area contributed by atoms with Crippen molar-refractivity contribution in [3.8, 4) is 11.8 Å². The maximum absolute atomic E-state index is 13.0. The number of ether oxygens (including phenoxy) is 3. The topological polar surface area (TPSA) is 92.1 Å². The number of amides is 1. The van der Waals surface area contributed by atoms with Crippen molar-refractivity contribution in [2.75, 3.05) is 46.5 Å². The lowest BCUT2D eigenvalue weighted by atomic mass is 9.96. The van der Waals surface area contributed by atoms with Gasteiger partial charge in [0.25, 0.3) is 0 Å². The van der Waals surface area contributed by atoms with Crippen molar-refractivity contribution in [1.29, 1.82) is 5.26 Å². The standard InChI is InChI=1S/C26H27N3O5/c1-32-23-10-17(2-3-20(23)13-27)11-25(30)29-8-7-28-15-24(34-16-21(28)14-29)19-4-5-22-18(12-19)6-9-33-26(22)31/h2-5,10,12,21,24H,6-9,11,14-16H2,1H3. The molecule has 3 aliphatic heterocycles. The molecule has 2 saturated heterocycles. The molecule has 3 aliphatic rings. The second-order valence-corrected chi connectivity index (χ2v) is 8.94. The number of nitriles is 1. The molecular formula is C26H27N3O5. The molecular weight excluding hydrogens is 434 g/mol. The largest absolute Gasteiger partial charge is 0.495 e. The van der Waals surface area contributed by atoms with Gasteiger partial charge in [-0.1, -0.05) is 18.2 Å². The zero-order chi connectivity index (χ0) is 23.7. The second kappa shape index (κ2) is 9.45. The molecule has 2 fully saturated rings. The molecule has 2 unspecified atom stereocenters. The minimum absolute atomic E-state index is 0.0483. The summed E-state index contributed by atoms with van der Waals surface area (Å²) in [7, 11) is 1.52. The molecule has 2 atom stereocenters. The highest BCUT2D eigenvalue weighted by atomic mass is 16.5. The van der Waals surface area contributed by atoms with Gasteiger partial charge in [-0.05, 0) is 34.9 Å². The van der Waals surface area contributed by atoms with Gasteiger partial charge in [-0.15, -0.1) is 0 Å². The Morgan fingerprint density at radius 1 is 1.21 bits per heavy atom. The van der Waals surface area contributed by atoms with Gasteiger partial charge in [-0.25, -0.2) is 4.79 Å². The molecule has 8 heteroatoms. The molecule has 1 amide bonds. The molecule has 0 saturated carbocycles. The number of hydrogen-bond acceptors (Lipinski definition) is 7. The van der Waals surface area contributed by atoms with Gasteiger partial charge in [0.2, 0.25) is 5.91 Å². The van der Waals surface area contributed by atoms with Gasteiger partial charge in [0.05, 0.1) is 50.0 Å². The number of rotatable bonds is 4. The fourth-order valence-corrected chi connectivity index (χ4v) is 4.99. The minimum atomic E-state index is -0.252. The molecule has 0 radical (unpaired) electrons. The lowest BCUT2D eigenvalue weighted by molar-refractivity contribution is -0.139. The highest BCUT2D eigenvalue weighted by molar-refractivity contribution is 5.92. The minimum Gasteiger partial charge on any atom is -0.495 e. The average molecular weight is 462 g/mol. The van der Waals surface area contributed by atoms with Crippen molar-refractivity contribution in [1.82, 2.24) is 9.80 Å². The van der Waals surface area contributed by atoms with Gasteiger partial charge in [-0.3, -0.25) is 9.69 Å². The summed E-state index contributed by atoms with van der Waals surface area (Å²) in [6.45, 7) is 3.85. The van der Waals surface area contributed by atoms with E-state index in [9.17, 15) is 9.59 Å². The highest BCUT2D eigenvalue weighted by Crippen LogP contribution is 2.30. The molecule has 8 nitrogen and oxygen atoms in total. The monoisotopic (exact) mass is 461 g/mol. The molecule has 34 heavy (non-hydrogen) atoms. The van der Waals surface area contributed by atoms with Crippen molar-refractivity contribution < 1.29 is 23.8 Å². The van der Waals surface area contributed by atoms with Crippen molar-refractivity contribution in [3.05, 3.63) is 64.2 Å². The van der Waals surface area contributed by atoms with Crippen molar-refractivity contribution in [3.63, 3.8) is 0 Å². The van der Waals surface area contributed by atoms with Crippen molar-refractivity contribution >= 4 is 11.9 Å². The van der Waals surface area contributed by atoms with E-state index in [2.05, 4.69) is 17.0 Å². The quantitative estimate of drug-likeness (QED) is 0.644. The average Bonchev–Trinajstić information content (AvgIpc) is 2.87. The summed E-state index contributed by atoms with van der Waals surface area (Å²) in [4.78, 5) is 29.2. The lowest BCUT2D eigenvalue weighted by Gasteiger charge is -2.46. The molecule has 0 spiro atoms. The first-order valence-corrected chi connectivity index (χ1v) is 11.6. The molecule has 0 aliphatic carbocycles. The summed E-state index contributed by atoms with van der Waals surface area (Å²) in [6.07, 6.45) is 0.958. The molecule has 3 heterocycles. The third-order valence-corrected chi connectivity index (χ3v) is 6.91. The van der Waals surface area contributed by atoms with Crippen LogP contribution < -0.4 is 4.74 Å². The Morgan fingerprint density at radius 3 is 2.91 bits per heavy atom. The Balaban J connectivity index is 1.20. The van der Waals surface area contributed by atoms with Crippen LogP contribution in [0.3, 0.4) is 0 Å². The SMILES string of the molecule is COc1cc(CC(=O)N2CCN3CC(c4ccc5c(c4)CCOC5=O)OCC3C2)ccc1C#N. The Bertz CT molecular complexity index is 1160. The number of benzene rings is 2. The maximum atomic E-state index is 13.0. The summed E-state index contributed by atoms with van der Waals surface area (Å²) in [5.41, 5.74) is 4.05. The Hall–Kier alpha value is -3.41. The Labute approximate surface area is 198 Å². The van der Waals surface area contributed by atoms with Gasteiger partial charge in [0, 0.05) is 32.6 Å². The van der Waals surface area contributed by atoms with Crippen LogP contribution in [0.5, 0.6) is 5.75 Å². The molecule has 0 bridgehead atoms. The first kappa shape index (κ1) is 22.4. The van der Waals surface area contributed by atoms with E-state index in [0.29, 0.717) is 43.2 Å². The van der Waals surface area contributed by atoms with Crippen LogP contribution >= 0.6 is 0 Å². The number of cyclic esters (lactones) is 1. The van der Waals surface area contributed by atoms with E-state index in [-0.39, 0.29) is 30.4 Å². The van der Waals surface area contributed by atoms with Crippen LogP contribution in [0.1, 0.15) is 38.7 Å². The van der Waals surface area contributed by atoms with Crippen LogP contribution in [-0.2, 0) is 27.1 Å². The van der Waals surface area contributed by atoms with Crippen LogP contribution in [-0.4, -0.2) is 74.2 Å². The number of morpholine rings is 1. The molecule has 0 N–H and O–H groups in total. The van der Waals surface area contributed by atoms with Crippen molar-refractivity contribution in [2.24, 2.45) is 0 Å². The summed E-state index contributed by atoms with van der Waals surface area (Å²) < 4.78 is 16.6. The highest BCUT2D eigenvalue weighted by Gasteiger charge is 2.36. The van der Waals surface area contributed by atoms with E-state index in [1.54, 1.807) is 12.1 Å². The number of methoxy groups -OCH3 is 1. The van der Waals surface area contributed by atoms with Crippen LogP contribution in [0.25, 0.3) is 0 Å². The number of carbonyl (C=O) groups excluding carboxylic acids is 2. The van der Waals surface area contributed by atoms with E-state index in [1.165, 1.54) is 7.11 Å². The van der Waals surface area contributed by atoms with Gasteiger partial charge < -0.3 is 19.1 Å². The first-order chi connectivity index (χ1) is 16.6. The Morgan fingerprint density at radius 2 is 2.09 bits per heavy atom. The number of hydrogen-bond donors (Lipinski definition) is 0. The number of nitrogens with zero attached hydrogens (tertiary/aromatic N) is 3. The summed E-state index contributed by atoms with van der Waals surface area (Å²) in [5, 5.41) is 9.15. The maximum Gasteiger partial charge on any atom is 0.338 e. The van der Waals surface area contributed by atoms with Gasteiger partial charge in [0.1, 0.15) is 11.8 Å². The van der Waals surface area contributed by atoms with Crippen LogP contribution in [0.4, 0.5) is 0 Å². The van der Waals surface area contributed by atoms with Crippen molar-refractivity contribution in [2.45, 2.75) is 25.0 Å². The molecule has 5 rings (SSSR count). The van der Waals surface area contributed by atoms with Crippen LogP contribution in [0.15, 0.2) is 36.4 Å². The molecule has 0 aromatic heterocycles. The second-order valence-electron chi connectivity index (χ2n) is 8.94. The van der Waals surface area contributed by atoms with Gasteiger partial charge in [0.15, 0.2) is 0 Å². The number of carbonyl (C=O) groups is 2. The predicted molar refractivity (Wildman–Crippen MR) is 122 cm³/mol. The third-order valence-electron chi connectivity index (χ3n) is 6.91. The van der Waals surface area contributed by atoms with Crippen LogP contribution in [0, 0.1) is 11.3 Å². The Kier molecular flexibility index (Phi) is 6.22. The first-order valence-electron chi connectivity index (χ1n) is 11.6.